The summed E-state index contributed by atoms with van der Waals surface area (Å²) in [5.74, 6) is 0.804. The number of para-hydroxylation sites is 1. The van der Waals surface area contributed by atoms with Gasteiger partial charge in [0.1, 0.15) is 5.75 Å². The zero-order valence-corrected chi connectivity index (χ0v) is 10.2. The van der Waals surface area contributed by atoms with Crippen LogP contribution in [-0.2, 0) is 15.3 Å². The first-order valence-corrected chi connectivity index (χ1v) is 6.66. The number of rotatable bonds is 6. The van der Waals surface area contributed by atoms with Crippen LogP contribution in [-0.4, -0.2) is 13.2 Å². The van der Waals surface area contributed by atoms with Crippen molar-refractivity contribution in [3.8, 4) is 5.75 Å². The lowest BCUT2D eigenvalue weighted by atomic mass is 10.2. The van der Waals surface area contributed by atoms with Crippen molar-refractivity contribution in [1.82, 2.24) is 0 Å². The Hall–Kier alpha value is -0.790. The average molecular weight is 228 g/mol. The van der Waals surface area contributed by atoms with E-state index in [0.717, 1.165) is 11.3 Å². The normalized spacial score (nSPS) is 12.4. The second-order valence-electron chi connectivity index (χ2n) is 3.02. The Morgan fingerprint density at radius 2 is 1.93 bits per heavy atom. The SMILES string of the molecule is CCOc1ccccc1C[PH](=O)OCC. The van der Waals surface area contributed by atoms with Crippen LogP contribution < -0.4 is 4.74 Å². The van der Waals surface area contributed by atoms with Gasteiger partial charge in [-0.2, -0.15) is 0 Å². The fourth-order valence-electron chi connectivity index (χ4n) is 1.31. The van der Waals surface area contributed by atoms with Gasteiger partial charge in [0.05, 0.1) is 19.4 Å². The van der Waals surface area contributed by atoms with Gasteiger partial charge in [0.15, 0.2) is 8.03 Å². The second kappa shape index (κ2) is 6.65. The Morgan fingerprint density at radius 3 is 2.60 bits per heavy atom. The zero-order chi connectivity index (χ0) is 11.1. The molecule has 0 aliphatic heterocycles. The summed E-state index contributed by atoms with van der Waals surface area (Å²) in [6.07, 6.45) is 0.453. The Bertz CT molecular complexity index is 325. The molecule has 1 aromatic carbocycles. The molecule has 1 rings (SSSR count). The van der Waals surface area contributed by atoms with Crippen LogP contribution in [0.3, 0.4) is 0 Å². The molecule has 1 unspecified atom stereocenters. The summed E-state index contributed by atoms with van der Waals surface area (Å²) in [7, 11) is -1.96. The van der Waals surface area contributed by atoms with Crippen LogP contribution in [0.1, 0.15) is 19.4 Å². The van der Waals surface area contributed by atoms with Crippen LogP contribution in [0.2, 0.25) is 0 Å². The third kappa shape index (κ3) is 4.06. The molecule has 0 saturated heterocycles. The van der Waals surface area contributed by atoms with Crippen molar-refractivity contribution in [2.24, 2.45) is 0 Å². The highest BCUT2D eigenvalue weighted by Crippen LogP contribution is 2.32. The van der Waals surface area contributed by atoms with Crippen molar-refractivity contribution in [1.29, 1.82) is 0 Å². The Balaban J connectivity index is 2.70. The van der Waals surface area contributed by atoms with Crippen molar-refractivity contribution in [2.45, 2.75) is 20.0 Å². The molecule has 0 amide bonds. The summed E-state index contributed by atoms with van der Waals surface area (Å²) >= 11 is 0. The largest absolute Gasteiger partial charge is 0.494 e. The highest BCUT2D eigenvalue weighted by Gasteiger charge is 2.06. The number of hydrogen-bond acceptors (Lipinski definition) is 3. The fraction of sp³-hybridized carbons (Fsp3) is 0.455. The summed E-state index contributed by atoms with van der Waals surface area (Å²) in [4.78, 5) is 0. The summed E-state index contributed by atoms with van der Waals surface area (Å²) < 4.78 is 22.0. The lowest BCUT2D eigenvalue weighted by Crippen LogP contribution is -1.95. The molecule has 1 aromatic rings. The van der Waals surface area contributed by atoms with Crippen molar-refractivity contribution in [2.75, 3.05) is 13.2 Å². The van der Waals surface area contributed by atoms with E-state index in [2.05, 4.69) is 0 Å². The maximum absolute atomic E-state index is 11.5. The molecular weight excluding hydrogens is 211 g/mol. The molecular formula is C11H17O3P. The van der Waals surface area contributed by atoms with E-state index < -0.39 is 8.03 Å². The van der Waals surface area contributed by atoms with Gasteiger partial charge in [-0.15, -0.1) is 0 Å². The minimum Gasteiger partial charge on any atom is -0.494 e. The van der Waals surface area contributed by atoms with Gasteiger partial charge < -0.3 is 9.26 Å². The molecule has 3 nitrogen and oxygen atoms in total. The minimum atomic E-state index is -1.96. The lowest BCUT2D eigenvalue weighted by Gasteiger charge is -2.09. The zero-order valence-electron chi connectivity index (χ0n) is 9.16. The van der Waals surface area contributed by atoms with Gasteiger partial charge in [-0.3, -0.25) is 4.57 Å². The minimum absolute atomic E-state index is 0.453. The third-order valence-electron chi connectivity index (χ3n) is 1.91. The van der Waals surface area contributed by atoms with Crippen LogP contribution in [0.5, 0.6) is 5.75 Å². The predicted molar refractivity (Wildman–Crippen MR) is 61.9 cm³/mol. The lowest BCUT2D eigenvalue weighted by molar-refractivity contribution is 0.334. The Kier molecular flexibility index (Phi) is 5.44. The standard InChI is InChI=1S/C11H17O3P/c1-3-13-11-8-6-5-7-10(11)9-15(12)14-4-2/h5-8,15H,3-4,9H2,1-2H3. The molecule has 0 spiro atoms. The van der Waals surface area contributed by atoms with Gasteiger partial charge in [0, 0.05) is 5.56 Å². The van der Waals surface area contributed by atoms with E-state index in [1.165, 1.54) is 0 Å². The molecule has 0 radical (unpaired) electrons. The van der Waals surface area contributed by atoms with Gasteiger partial charge in [-0.1, -0.05) is 18.2 Å². The fourth-order valence-corrected chi connectivity index (χ4v) is 2.34. The first-order valence-electron chi connectivity index (χ1n) is 5.14. The molecule has 0 fully saturated rings. The second-order valence-corrected chi connectivity index (χ2v) is 4.41. The molecule has 84 valence electrons. The number of ether oxygens (including phenoxy) is 1. The van der Waals surface area contributed by atoms with E-state index in [1.54, 1.807) is 0 Å². The van der Waals surface area contributed by atoms with Crippen molar-refractivity contribution in [3.05, 3.63) is 29.8 Å². The van der Waals surface area contributed by atoms with Crippen molar-refractivity contribution in [3.63, 3.8) is 0 Å². The molecule has 0 heterocycles. The highest BCUT2D eigenvalue weighted by atomic mass is 31.1. The molecule has 0 aliphatic rings. The summed E-state index contributed by atoms with van der Waals surface area (Å²) in [6, 6.07) is 7.64. The van der Waals surface area contributed by atoms with Crippen LogP contribution >= 0.6 is 8.03 Å². The van der Waals surface area contributed by atoms with Crippen LogP contribution in [0, 0.1) is 0 Å². The number of benzene rings is 1. The molecule has 0 aliphatic carbocycles. The van der Waals surface area contributed by atoms with E-state index in [9.17, 15) is 4.57 Å². The first kappa shape index (κ1) is 12.3. The number of hydrogen-bond donors (Lipinski definition) is 0. The van der Waals surface area contributed by atoms with Gasteiger partial charge in [0.2, 0.25) is 0 Å². The van der Waals surface area contributed by atoms with Crippen LogP contribution in [0.25, 0.3) is 0 Å². The van der Waals surface area contributed by atoms with E-state index >= 15 is 0 Å². The molecule has 0 bridgehead atoms. The van der Waals surface area contributed by atoms with Gasteiger partial charge >= 0.3 is 0 Å². The summed E-state index contributed by atoms with van der Waals surface area (Å²) in [6.45, 7) is 4.89. The molecule has 0 aromatic heterocycles. The molecule has 15 heavy (non-hydrogen) atoms. The van der Waals surface area contributed by atoms with Gasteiger partial charge in [0.25, 0.3) is 0 Å². The molecule has 0 saturated carbocycles. The Morgan fingerprint density at radius 1 is 1.20 bits per heavy atom. The Labute approximate surface area is 91.3 Å². The average Bonchev–Trinajstić information content (AvgIpc) is 2.21. The van der Waals surface area contributed by atoms with E-state index in [0.29, 0.717) is 19.4 Å². The van der Waals surface area contributed by atoms with Crippen LogP contribution in [0.4, 0.5) is 0 Å². The highest BCUT2D eigenvalue weighted by molar-refractivity contribution is 7.38. The van der Waals surface area contributed by atoms with E-state index in [-0.39, 0.29) is 0 Å². The van der Waals surface area contributed by atoms with Crippen molar-refractivity contribution >= 4 is 8.03 Å². The molecule has 0 N–H and O–H groups in total. The molecule has 1 atom stereocenters. The van der Waals surface area contributed by atoms with Gasteiger partial charge in [-0.25, -0.2) is 0 Å². The van der Waals surface area contributed by atoms with E-state index in [1.807, 2.05) is 38.1 Å². The first-order chi connectivity index (χ1) is 7.27. The monoisotopic (exact) mass is 228 g/mol. The van der Waals surface area contributed by atoms with Crippen molar-refractivity contribution < 1.29 is 13.8 Å². The summed E-state index contributed by atoms with van der Waals surface area (Å²) in [5.41, 5.74) is 0.955. The summed E-state index contributed by atoms with van der Waals surface area (Å²) in [5, 5.41) is 0. The van der Waals surface area contributed by atoms with Crippen LogP contribution in [0.15, 0.2) is 24.3 Å². The van der Waals surface area contributed by atoms with E-state index in [4.69, 9.17) is 9.26 Å². The topological polar surface area (TPSA) is 35.5 Å². The third-order valence-corrected chi connectivity index (χ3v) is 3.19. The molecule has 4 heteroatoms. The maximum Gasteiger partial charge on any atom is 0.196 e. The predicted octanol–water partition coefficient (Wildman–Crippen LogP) is 3.10. The van der Waals surface area contributed by atoms with Gasteiger partial charge in [-0.05, 0) is 19.9 Å². The smallest absolute Gasteiger partial charge is 0.196 e. The maximum atomic E-state index is 11.5. The quantitative estimate of drug-likeness (QED) is 0.702.